The monoisotopic (exact) mass is 345 g/mol. The van der Waals surface area contributed by atoms with Crippen LogP contribution in [0.4, 0.5) is 4.79 Å². The summed E-state index contributed by atoms with van der Waals surface area (Å²) in [5, 5.41) is 3.39. The maximum absolute atomic E-state index is 12.6. The molecule has 1 aromatic carbocycles. The third-order valence-electron chi connectivity index (χ3n) is 5.24. The maximum Gasteiger partial charge on any atom is 0.410 e. The normalized spacial score (nSPS) is 21.2. The molecule has 0 bridgehead atoms. The number of likely N-dealkylation sites (tertiary alicyclic amines) is 1. The third kappa shape index (κ3) is 6.01. The van der Waals surface area contributed by atoms with Crippen molar-refractivity contribution in [2.75, 3.05) is 45.8 Å². The van der Waals surface area contributed by atoms with Crippen LogP contribution < -0.4 is 5.32 Å². The summed E-state index contributed by atoms with van der Waals surface area (Å²) in [6.07, 6.45) is 4.88. The number of hydrogen-bond donors (Lipinski definition) is 1. The number of carbonyl (C=O) groups excluding carboxylic acids is 1. The van der Waals surface area contributed by atoms with E-state index in [0.717, 1.165) is 57.8 Å². The number of nitrogens with one attached hydrogen (secondary N) is 1. The molecule has 1 amide bonds. The Bertz CT molecular complexity index is 511. The first-order valence-electron chi connectivity index (χ1n) is 9.70. The quantitative estimate of drug-likeness (QED) is 0.825. The largest absolute Gasteiger partial charge is 0.445 e. The molecule has 2 heterocycles. The van der Waals surface area contributed by atoms with Crippen molar-refractivity contribution in [1.29, 1.82) is 0 Å². The van der Waals surface area contributed by atoms with Crippen LogP contribution in [0, 0.1) is 5.92 Å². The predicted octanol–water partition coefficient (Wildman–Crippen LogP) is 2.72. The molecule has 2 aliphatic rings. The summed E-state index contributed by atoms with van der Waals surface area (Å²) in [6.45, 7) is 7.27. The number of carbonyl (C=O) groups is 1. The molecule has 5 heteroatoms. The van der Waals surface area contributed by atoms with Crippen LogP contribution in [-0.2, 0) is 11.3 Å². The van der Waals surface area contributed by atoms with Crippen molar-refractivity contribution in [2.45, 2.75) is 32.3 Å². The smallest absolute Gasteiger partial charge is 0.410 e. The number of amides is 1. The molecule has 1 atom stereocenters. The molecular weight excluding hydrogens is 314 g/mol. The predicted molar refractivity (Wildman–Crippen MR) is 99.5 cm³/mol. The highest BCUT2D eigenvalue weighted by molar-refractivity contribution is 5.67. The van der Waals surface area contributed by atoms with Gasteiger partial charge >= 0.3 is 6.09 Å². The van der Waals surface area contributed by atoms with Gasteiger partial charge in [-0.25, -0.2) is 4.79 Å². The summed E-state index contributed by atoms with van der Waals surface area (Å²) in [4.78, 5) is 17.0. The van der Waals surface area contributed by atoms with Crippen molar-refractivity contribution in [1.82, 2.24) is 15.1 Å². The van der Waals surface area contributed by atoms with E-state index in [2.05, 4.69) is 10.2 Å². The topological polar surface area (TPSA) is 44.8 Å². The number of rotatable bonds is 7. The number of benzene rings is 1. The lowest BCUT2D eigenvalue weighted by Crippen LogP contribution is -2.43. The van der Waals surface area contributed by atoms with Crippen LogP contribution in [0.3, 0.4) is 0 Å². The zero-order valence-corrected chi connectivity index (χ0v) is 15.2. The number of nitrogens with zero attached hydrogens (tertiary/aromatic N) is 2. The zero-order chi connectivity index (χ0) is 17.3. The van der Waals surface area contributed by atoms with E-state index in [0.29, 0.717) is 12.5 Å². The molecule has 25 heavy (non-hydrogen) atoms. The fourth-order valence-electron chi connectivity index (χ4n) is 3.69. The number of hydrogen-bond acceptors (Lipinski definition) is 4. The van der Waals surface area contributed by atoms with E-state index in [-0.39, 0.29) is 6.09 Å². The van der Waals surface area contributed by atoms with Gasteiger partial charge in [0, 0.05) is 19.6 Å². The lowest BCUT2D eigenvalue weighted by Gasteiger charge is -2.30. The SMILES string of the molecule is O=C(OCc1ccccc1)N(CCN1CCCCC1)CC1CCNC1. The van der Waals surface area contributed by atoms with Gasteiger partial charge < -0.3 is 19.9 Å². The van der Waals surface area contributed by atoms with E-state index in [1.54, 1.807) is 0 Å². The van der Waals surface area contributed by atoms with E-state index in [1.165, 1.54) is 19.3 Å². The van der Waals surface area contributed by atoms with Crippen molar-refractivity contribution in [2.24, 2.45) is 5.92 Å². The van der Waals surface area contributed by atoms with Crippen LogP contribution in [0.25, 0.3) is 0 Å². The second kappa shape index (κ2) is 9.78. The molecule has 2 aliphatic heterocycles. The van der Waals surface area contributed by atoms with Gasteiger partial charge in [0.15, 0.2) is 0 Å². The molecule has 1 unspecified atom stereocenters. The van der Waals surface area contributed by atoms with E-state index >= 15 is 0 Å². The molecule has 3 rings (SSSR count). The molecular formula is C20H31N3O2. The van der Waals surface area contributed by atoms with Crippen LogP contribution >= 0.6 is 0 Å². The molecule has 138 valence electrons. The van der Waals surface area contributed by atoms with Crippen molar-refractivity contribution in [3.05, 3.63) is 35.9 Å². The van der Waals surface area contributed by atoms with E-state index < -0.39 is 0 Å². The Hall–Kier alpha value is -1.59. The van der Waals surface area contributed by atoms with Gasteiger partial charge in [0.05, 0.1) is 0 Å². The molecule has 0 spiro atoms. The molecule has 5 nitrogen and oxygen atoms in total. The second-order valence-corrected chi connectivity index (χ2v) is 7.25. The van der Waals surface area contributed by atoms with Crippen molar-refractivity contribution in [3.63, 3.8) is 0 Å². The Morgan fingerprint density at radius 3 is 2.72 bits per heavy atom. The number of ether oxygens (including phenoxy) is 1. The van der Waals surface area contributed by atoms with Crippen LogP contribution in [-0.4, -0.2) is 61.7 Å². The minimum absolute atomic E-state index is 0.173. The lowest BCUT2D eigenvalue weighted by atomic mass is 10.1. The molecule has 0 radical (unpaired) electrons. The van der Waals surface area contributed by atoms with E-state index in [4.69, 9.17) is 4.74 Å². The van der Waals surface area contributed by atoms with Gasteiger partial charge in [0.1, 0.15) is 6.61 Å². The summed E-state index contributed by atoms with van der Waals surface area (Å²) in [5.41, 5.74) is 1.04. The first-order chi connectivity index (χ1) is 12.3. The molecule has 1 aromatic rings. The van der Waals surface area contributed by atoms with Gasteiger partial charge in [-0.1, -0.05) is 36.8 Å². The van der Waals surface area contributed by atoms with Crippen LogP contribution in [0.15, 0.2) is 30.3 Å². The number of piperidine rings is 1. The standard InChI is InChI=1S/C20H31N3O2/c24-20(25-17-18-7-3-1-4-8-18)23(16-19-9-10-21-15-19)14-13-22-11-5-2-6-12-22/h1,3-4,7-8,19,21H,2,5-6,9-17H2. The molecule has 2 saturated heterocycles. The molecule has 1 N–H and O–H groups in total. The first-order valence-corrected chi connectivity index (χ1v) is 9.70. The Morgan fingerprint density at radius 2 is 2.00 bits per heavy atom. The Kier molecular flexibility index (Phi) is 7.12. The van der Waals surface area contributed by atoms with Gasteiger partial charge in [0.2, 0.25) is 0 Å². The third-order valence-corrected chi connectivity index (χ3v) is 5.24. The Morgan fingerprint density at radius 1 is 1.20 bits per heavy atom. The van der Waals surface area contributed by atoms with E-state index in [9.17, 15) is 4.79 Å². The second-order valence-electron chi connectivity index (χ2n) is 7.25. The summed E-state index contributed by atoms with van der Waals surface area (Å²) in [6, 6.07) is 9.91. The lowest BCUT2D eigenvalue weighted by molar-refractivity contribution is 0.0846. The first kappa shape index (κ1) is 18.2. The fourth-order valence-corrected chi connectivity index (χ4v) is 3.69. The molecule has 0 aliphatic carbocycles. The minimum atomic E-state index is -0.173. The molecule has 0 aromatic heterocycles. The maximum atomic E-state index is 12.6. The molecule has 0 saturated carbocycles. The van der Waals surface area contributed by atoms with Crippen LogP contribution in [0.5, 0.6) is 0 Å². The van der Waals surface area contributed by atoms with Crippen molar-refractivity contribution >= 4 is 6.09 Å². The van der Waals surface area contributed by atoms with Gasteiger partial charge in [-0.2, -0.15) is 0 Å². The highest BCUT2D eigenvalue weighted by Gasteiger charge is 2.23. The van der Waals surface area contributed by atoms with E-state index in [1.807, 2.05) is 35.2 Å². The van der Waals surface area contributed by atoms with Gasteiger partial charge in [-0.3, -0.25) is 0 Å². The highest BCUT2D eigenvalue weighted by Crippen LogP contribution is 2.13. The minimum Gasteiger partial charge on any atom is -0.445 e. The highest BCUT2D eigenvalue weighted by atomic mass is 16.6. The van der Waals surface area contributed by atoms with Gasteiger partial charge in [-0.05, 0) is 56.9 Å². The average Bonchev–Trinajstić information content (AvgIpc) is 3.18. The van der Waals surface area contributed by atoms with Crippen LogP contribution in [0.1, 0.15) is 31.2 Å². The van der Waals surface area contributed by atoms with Gasteiger partial charge in [-0.15, -0.1) is 0 Å². The Labute approximate surface area is 151 Å². The summed E-state index contributed by atoms with van der Waals surface area (Å²) in [7, 11) is 0. The zero-order valence-electron chi connectivity index (χ0n) is 15.2. The van der Waals surface area contributed by atoms with Crippen LogP contribution in [0.2, 0.25) is 0 Å². The van der Waals surface area contributed by atoms with Gasteiger partial charge in [0.25, 0.3) is 0 Å². The summed E-state index contributed by atoms with van der Waals surface area (Å²) >= 11 is 0. The average molecular weight is 345 g/mol. The molecule has 2 fully saturated rings. The Balaban J connectivity index is 1.51. The van der Waals surface area contributed by atoms with Crippen molar-refractivity contribution in [3.8, 4) is 0 Å². The summed E-state index contributed by atoms with van der Waals surface area (Å²) in [5.74, 6) is 0.547. The van der Waals surface area contributed by atoms with Crippen molar-refractivity contribution < 1.29 is 9.53 Å². The summed E-state index contributed by atoms with van der Waals surface area (Å²) < 4.78 is 5.59. The fraction of sp³-hybridized carbons (Fsp3) is 0.650.